The molecule has 0 unspecified atom stereocenters. The van der Waals surface area contributed by atoms with Gasteiger partial charge in [-0.15, -0.1) is 0 Å². The molecule has 0 bridgehead atoms. The Balaban J connectivity index is 2.48. The standard InChI is InChI=1S/C16H12BrF4N3O3/c1-27-14(26)15(16(19,20)21,23-12-6-5-10(17)8-22-12)24-13(25)9-3-2-4-11(18)7-9/h2-8H,1H3,(H,22,23)(H,24,25)/t15-/m1/s1. The van der Waals surface area contributed by atoms with Crippen LogP contribution in [0.2, 0.25) is 0 Å². The number of hydrogen-bond acceptors (Lipinski definition) is 5. The first kappa shape index (κ1) is 20.6. The molecule has 144 valence electrons. The largest absolute Gasteiger partial charge is 0.466 e. The van der Waals surface area contributed by atoms with Crippen LogP contribution in [-0.4, -0.2) is 35.8 Å². The third kappa shape index (κ3) is 4.54. The van der Waals surface area contributed by atoms with E-state index in [9.17, 15) is 27.2 Å². The lowest BCUT2D eigenvalue weighted by Crippen LogP contribution is -2.69. The molecule has 0 aliphatic rings. The number of carbonyl (C=O) groups excluding carboxylic acids is 2. The fourth-order valence-electron chi connectivity index (χ4n) is 2.06. The van der Waals surface area contributed by atoms with Gasteiger partial charge >= 0.3 is 17.8 Å². The van der Waals surface area contributed by atoms with Crippen molar-refractivity contribution < 1.29 is 31.9 Å². The number of nitrogens with zero attached hydrogens (tertiary/aromatic N) is 1. The maximum atomic E-state index is 13.8. The van der Waals surface area contributed by atoms with Crippen LogP contribution >= 0.6 is 15.9 Å². The zero-order valence-electron chi connectivity index (χ0n) is 13.6. The highest BCUT2D eigenvalue weighted by atomic mass is 79.9. The molecule has 1 atom stereocenters. The van der Waals surface area contributed by atoms with E-state index in [1.54, 1.807) is 5.32 Å². The zero-order valence-corrected chi connectivity index (χ0v) is 15.2. The second-order valence-electron chi connectivity index (χ2n) is 5.19. The van der Waals surface area contributed by atoms with Crippen LogP contribution in [0.3, 0.4) is 0 Å². The summed E-state index contributed by atoms with van der Waals surface area (Å²) in [6, 6.07) is 6.50. The van der Waals surface area contributed by atoms with Gasteiger partial charge in [-0.3, -0.25) is 4.79 Å². The minimum absolute atomic E-state index is 0.361. The van der Waals surface area contributed by atoms with E-state index in [0.717, 1.165) is 37.4 Å². The fourth-order valence-corrected chi connectivity index (χ4v) is 2.29. The zero-order chi connectivity index (χ0) is 20.2. The van der Waals surface area contributed by atoms with Crippen molar-refractivity contribution in [3.8, 4) is 0 Å². The average Bonchev–Trinajstić information content (AvgIpc) is 2.61. The molecule has 1 aromatic heterocycles. The van der Waals surface area contributed by atoms with Crippen LogP contribution in [0.25, 0.3) is 0 Å². The second kappa shape index (κ2) is 7.91. The number of esters is 1. The van der Waals surface area contributed by atoms with E-state index in [4.69, 9.17) is 0 Å². The Morgan fingerprint density at radius 3 is 2.41 bits per heavy atom. The van der Waals surface area contributed by atoms with Crippen LogP contribution in [0, 0.1) is 5.82 Å². The Hall–Kier alpha value is -2.69. The summed E-state index contributed by atoms with van der Waals surface area (Å²) < 4.78 is 59.5. The van der Waals surface area contributed by atoms with Gasteiger partial charge in [-0.1, -0.05) is 6.07 Å². The average molecular weight is 450 g/mol. The summed E-state index contributed by atoms with van der Waals surface area (Å²) in [5.74, 6) is -4.37. The number of aromatic nitrogens is 1. The number of rotatable bonds is 5. The maximum absolute atomic E-state index is 13.8. The van der Waals surface area contributed by atoms with Gasteiger partial charge in [0, 0.05) is 16.2 Å². The molecule has 0 saturated heterocycles. The lowest BCUT2D eigenvalue weighted by atomic mass is 10.1. The summed E-state index contributed by atoms with van der Waals surface area (Å²) >= 11 is 3.08. The van der Waals surface area contributed by atoms with Crippen LogP contribution in [0.5, 0.6) is 0 Å². The van der Waals surface area contributed by atoms with Crippen LogP contribution < -0.4 is 10.6 Å². The molecule has 0 aliphatic heterocycles. The molecule has 0 aliphatic carbocycles. The van der Waals surface area contributed by atoms with Gasteiger partial charge < -0.3 is 15.4 Å². The second-order valence-corrected chi connectivity index (χ2v) is 6.11. The molecule has 2 N–H and O–H groups in total. The van der Waals surface area contributed by atoms with Gasteiger partial charge in [0.2, 0.25) is 0 Å². The molecule has 0 saturated carbocycles. The highest BCUT2D eigenvalue weighted by molar-refractivity contribution is 9.10. The SMILES string of the molecule is COC(=O)[C@](NC(=O)c1cccc(F)c1)(Nc1ccc(Br)cn1)C(F)(F)F. The van der Waals surface area contributed by atoms with E-state index >= 15 is 0 Å². The van der Waals surface area contributed by atoms with Crippen molar-refractivity contribution in [2.75, 3.05) is 12.4 Å². The number of amides is 1. The molecule has 6 nitrogen and oxygen atoms in total. The van der Waals surface area contributed by atoms with Crippen molar-refractivity contribution in [2.24, 2.45) is 0 Å². The third-order valence-electron chi connectivity index (χ3n) is 3.35. The summed E-state index contributed by atoms with van der Waals surface area (Å²) in [6.07, 6.45) is -4.13. The number of nitrogens with one attached hydrogen (secondary N) is 2. The number of ether oxygens (including phenoxy) is 1. The lowest BCUT2D eigenvalue weighted by molar-refractivity contribution is -0.203. The molecule has 1 amide bonds. The summed E-state index contributed by atoms with van der Waals surface area (Å²) in [4.78, 5) is 28.0. The van der Waals surface area contributed by atoms with E-state index in [1.807, 2.05) is 5.32 Å². The topological polar surface area (TPSA) is 80.3 Å². The highest BCUT2D eigenvalue weighted by Gasteiger charge is 2.63. The van der Waals surface area contributed by atoms with Crippen molar-refractivity contribution in [3.05, 3.63) is 58.4 Å². The normalized spacial score (nSPS) is 13.4. The third-order valence-corrected chi connectivity index (χ3v) is 3.82. The summed E-state index contributed by atoms with van der Waals surface area (Å²) in [6.45, 7) is 0. The predicted molar refractivity (Wildman–Crippen MR) is 90.2 cm³/mol. The summed E-state index contributed by atoms with van der Waals surface area (Å²) in [5.41, 5.74) is -4.07. The highest BCUT2D eigenvalue weighted by Crippen LogP contribution is 2.33. The minimum atomic E-state index is -5.32. The number of alkyl halides is 3. The van der Waals surface area contributed by atoms with Gasteiger partial charge in [-0.2, -0.15) is 13.2 Å². The van der Waals surface area contributed by atoms with Gasteiger partial charge in [0.25, 0.3) is 5.91 Å². The van der Waals surface area contributed by atoms with Crippen molar-refractivity contribution in [3.63, 3.8) is 0 Å². The Labute approximate surface area is 159 Å². The smallest absolute Gasteiger partial charge is 0.441 e. The Morgan fingerprint density at radius 1 is 1.19 bits per heavy atom. The molecule has 1 aromatic carbocycles. The number of pyridine rings is 1. The number of hydrogen-bond donors (Lipinski definition) is 2. The van der Waals surface area contributed by atoms with E-state index in [1.165, 1.54) is 12.3 Å². The van der Waals surface area contributed by atoms with Gasteiger partial charge in [-0.05, 0) is 46.3 Å². The summed E-state index contributed by atoms with van der Waals surface area (Å²) in [7, 11) is 0.730. The van der Waals surface area contributed by atoms with Gasteiger partial charge in [0.1, 0.15) is 11.6 Å². The molecular formula is C16H12BrF4N3O3. The molecule has 2 aromatic rings. The fraction of sp³-hybridized carbons (Fsp3) is 0.188. The molecule has 0 fully saturated rings. The monoisotopic (exact) mass is 449 g/mol. The van der Waals surface area contributed by atoms with Crippen LogP contribution in [-0.2, 0) is 9.53 Å². The van der Waals surface area contributed by atoms with Crippen molar-refractivity contribution in [1.82, 2.24) is 10.3 Å². The molecule has 0 radical (unpaired) electrons. The van der Waals surface area contributed by atoms with Crippen LogP contribution in [0.4, 0.5) is 23.4 Å². The molecule has 0 spiro atoms. The quantitative estimate of drug-likeness (QED) is 0.416. The van der Waals surface area contributed by atoms with Crippen molar-refractivity contribution >= 4 is 33.6 Å². The lowest BCUT2D eigenvalue weighted by Gasteiger charge is -2.34. The number of carbonyl (C=O) groups is 2. The van der Waals surface area contributed by atoms with Gasteiger partial charge in [0.15, 0.2) is 0 Å². The van der Waals surface area contributed by atoms with Gasteiger partial charge in [0.05, 0.1) is 7.11 Å². The number of halogens is 5. The molecule has 2 rings (SSSR count). The minimum Gasteiger partial charge on any atom is -0.466 e. The number of anilines is 1. The Morgan fingerprint density at radius 2 is 1.89 bits per heavy atom. The first-order chi connectivity index (χ1) is 12.6. The molecule has 1 heterocycles. The Kier molecular flexibility index (Phi) is 6.04. The Bertz CT molecular complexity index is 846. The molecular weight excluding hydrogens is 438 g/mol. The van der Waals surface area contributed by atoms with Crippen LogP contribution in [0.15, 0.2) is 47.1 Å². The maximum Gasteiger partial charge on any atom is 0.441 e. The van der Waals surface area contributed by atoms with E-state index in [0.29, 0.717) is 4.47 Å². The molecule has 27 heavy (non-hydrogen) atoms. The predicted octanol–water partition coefficient (Wildman–Crippen LogP) is 3.26. The van der Waals surface area contributed by atoms with E-state index in [-0.39, 0.29) is 5.82 Å². The van der Waals surface area contributed by atoms with Crippen LogP contribution in [0.1, 0.15) is 10.4 Å². The van der Waals surface area contributed by atoms with E-state index in [2.05, 4.69) is 25.7 Å². The first-order valence-corrected chi connectivity index (χ1v) is 8.01. The van der Waals surface area contributed by atoms with Crippen molar-refractivity contribution in [2.45, 2.75) is 11.8 Å². The number of methoxy groups -OCH3 is 1. The molecule has 11 heteroatoms. The number of benzene rings is 1. The summed E-state index contributed by atoms with van der Waals surface area (Å²) in [5, 5.41) is 3.43. The van der Waals surface area contributed by atoms with E-state index < -0.39 is 35.1 Å². The van der Waals surface area contributed by atoms with Crippen molar-refractivity contribution in [1.29, 1.82) is 0 Å². The van der Waals surface area contributed by atoms with Gasteiger partial charge in [-0.25, -0.2) is 14.2 Å². The first-order valence-electron chi connectivity index (χ1n) is 7.22.